The minimum absolute atomic E-state index is 0.471. The Morgan fingerprint density at radius 1 is 1.21 bits per heavy atom. The average Bonchev–Trinajstić information content (AvgIpc) is 2.46. The van der Waals surface area contributed by atoms with Crippen LogP contribution in [0, 0.1) is 5.92 Å². The Labute approximate surface area is 125 Å². The zero-order valence-corrected chi connectivity index (χ0v) is 12.6. The number of fused-ring (bicyclic) bond motifs is 1. The first-order chi connectivity index (χ1) is 9.29. The van der Waals surface area contributed by atoms with Crippen molar-refractivity contribution >= 4 is 29.0 Å². The van der Waals surface area contributed by atoms with E-state index in [1.54, 1.807) is 0 Å². The second kappa shape index (κ2) is 5.88. The molecule has 2 heterocycles. The summed E-state index contributed by atoms with van der Waals surface area (Å²) in [6.07, 6.45) is 9.89. The van der Waals surface area contributed by atoms with Gasteiger partial charge in [-0.3, -0.25) is 0 Å². The molecule has 2 atom stereocenters. The fraction of sp³-hybridized carbons (Fsp3) is 0.667. The Bertz CT molecular complexity index is 448. The number of pyridine rings is 1. The van der Waals surface area contributed by atoms with Crippen LogP contribution in [0.4, 0.5) is 5.82 Å². The van der Waals surface area contributed by atoms with Gasteiger partial charge < -0.3 is 4.90 Å². The summed E-state index contributed by atoms with van der Waals surface area (Å²) in [5, 5.41) is 0.754. The molecule has 104 valence electrons. The highest BCUT2D eigenvalue weighted by Gasteiger charge is 2.34. The van der Waals surface area contributed by atoms with Crippen LogP contribution in [-0.4, -0.2) is 17.6 Å². The summed E-state index contributed by atoms with van der Waals surface area (Å²) in [4.78, 5) is 7.03. The van der Waals surface area contributed by atoms with Gasteiger partial charge in [-0.25, -0.2) is 4.98 Å². The maximum Gasteiger partial charge on any atom is 0.147 e. The van der Waals surface area contributed by atoms with E-state index in [4.69, 9.17) is 23.2 Å². The maximum absolute atomic E-state index is 6.41. The molecule has 4 heteroatoms. The van der Waals surface area contributed by atoms with Crippen molar-refractivity contribution in [2.45, 2.75) is 50.4 Å². The van der Waals surface area contributed by atoms with Gasteiger partial charge in [-0.15, -0.1) is 11.6 Å². The lowest BCUT2D eigenvalue weighted by Gasteiger charge is -2.45. The summed E-state index contributed by atoms with van der Waals surface area (Å²) in [7, 11) is 0. The van der Waals surface area contributed by atoms with Crippen LogP contribution < -0.4 is 4.90 Å². The average molecular weight is 299 g/mol. The minimum Gasteiger partial charge on any atom is -0.352 e. The highest BCUT2D eigenvalue weighted by atomic mass is 35.5. The monoisotopic (exact) mass is 298 g/mol. The third-order valence-electron chi connectivity index (χ3n) is 4.55. The van der Waals surface area contributed by atoms with E-state index < -0.39 is 0 Å². The first-order valence-electron chi connectivity index (χ1n) is 7.26. The lowest BCUT2D eigenvalue weighted by Crippen LogP contribution is -2.47. The molecule has 2 aliphatic rings. The van der Waals surface area contributed by atoms with E-state index in [0.717, 1.165) is 28.9 Å². The minimum atomic E-state index is 0.471. The molecule has 2 unspecified atom stereocenters. The van der Waals surface area contributed by atoms with Crippen molar-refractivity contribution < 1.29 is 0 Å². The molecule has 1 aromatic rings. The van der Waals surface area contributed by atoms with E-state index in [-0.39, 0.29) is 0 Å². The summed E-state index contributed by atoms with van der Waals surface area (Å²) in [6.45, 7) is 1.09. The standard InChI is InChI=1S/C15H20Cl2N2/c16-9-11-8-13(17)15(18-10-11)19-7-3-5-12-4-1-2-6-14(12)19/h8,10,12,14H,1-7,9H2. The van der Waals surface area contributed by atoms with E-state index in [9.17, 15) is 0 Å². The predicted molar refractivity (Wildman–Crippen MR) is 81.1 cm³/mol. The number of nitrogens with zero attached hydrogens (tertiary/aromatic N) is 2. The van der Waals surface area contributed by atoms with Crippen LogP contribution in [0.1, 0.15) is 44.1 Å². The lowest BCUT2D eigenvalue weighted by molar-refractivity contribution is 0.243. The van der Waals surface area contributed by atoms with Gasteiger partial charge in [-0.05, 0) is 43.2 Å². The molecule has 3 rings (SSSR count). The van der Waals surface area contributed by atoms with Gasteiger partial charge in [0.2, 0.25) is 0 Å². The van der Waals surface area contributed by atoms with Crippen molar-refractivity contribution in [1.29, 1.82) is 0 Å². The van der Waals surface area contributed by atoms with E-state index >= 15 is 0 Å². The Kier molecular flexibility index (Phi) is 4.18. The van der Waals surface area contributed by atoms with Crippen molar-refractivity contribution in [2.24, 2.45) is 5.92 Å². The molecule has 1 aliphatic heterocycles. The zero-order valence-electron chi connectivity index (χ0n) is 11.1. The second-order valence-electron chi connectivity index (χ2n) is 5.73. The Hall–Kier alpha value is -0.470. The third-order valence-corrected chi connectivity index (χ3v) is 5.13. The molecule has 0 radical (unpaired) electrons. The number of halogens is 2. The molecule has 2 fully saturated rings. The fourth-order valence-corrected chi connectivity index (χ4v) is 4.09. The van der Waals surface area contributed by atoms with Gasteiger partial charge in [-0.2, -0.15) is 0 Å². The quantitative estimate of drug-likeness (QED) is 0.740. The summed E-state index contributed by atoms with van der Waals surface area (Å²) >= 11 is 12.2. The Morgan fingerprint density at radius 3 is 2.79 bits per heavy atom. The molecule has 1 saturated carbocycles. The van der Waals surface area contributed by atoms with Crippen LogP contribution in [0.25, 0.3) is 0 Å². The van der Waals surface area contributed by atoms with Crippen LogP contribution in [0.3, 0.4) is 0 Å². The maximum atomic E-state index is 6.41. The van der Waals surface area contributed by atoms with Gasteiger partial charge in [0.05, 0.1) is 5.02 Å². The summed E-state index contributed by atoms with van der Waals surface area (Å²) in [5.74, 6) is 2.28. The SMILES string of the molecule is ClCc1cnc(N2CCCC3CCCCC32)c(Cl)c1. The number of anilines is 1. The van der Waals surface area contributed by atoms with E-state index in [1.807, 2.05) is 12.3 Å². The highest BCUT2D eigenvalue weighted by Crippen LogP contribution is 2.39. The summed E-state index contributed by atoms with van der Waals surface area (Å²) < 4.78 is 0. The molecule has 1 aliphatic carbocycles. The molecule has 0 amide bonds. The number of aromatic nitrogens is 1. The van der Waals surface area contributed by atoms with E-state index in [0.29, 0.717) is 11.9 Å². The van der Waals surface area contributed by atoms with Crippen molar-refractivity contribution in [1.82, 2.24) is 4.98 Å². The number of piperidine rings is 1. The van der Waals surface area contributed by atoms with Gasteiger partial charge in [-0.1, -0.05) is 24.4 Å². The van der Waals surface area contributed by atoms with Crippen LogP contribution in [0.5, 0.6) is 0 Å². The predicted octanol–water partition coefficient (Wildman–Crippen LogP) is 4.63. The number of hydrogen-bond acceptors (Lipinski definition) is 2. The van der Waals surface area contributed by atoms with Gasteiger partial charge in [0.15, 0.2) is 0 Å². The molecule has 0 bridgehead atoms. The van der Waals surface area contributed by atoms with E-state index in [1.165, 1.54) is 38.5 Å². The normalized spacial score (nSPS) is 27.2. The first-order valence-corrected chi connectivity index (χ1v) is 8.18. The fourth-order valence-electron chi connectivity index (χ4n) is 3.64. The van der Waals surface area contributed by atoms with Crippen molar-refractivity contribution in [3.05, 3.63) is 22.8 Å². The highest BCUT2D eigenvalue weighted by molar-refractivity contribution is 6.33. The van der Waals surface area contributed by atoms with Crippen LogP contribution in [0.2, 0.25) is 5.02 Å². The lowest BCUT2D eigenvalue weighted by atomic mass is 9.78. The number of alkyl halides is 1. The molecule has 2 nitrogen and oxygen atoms in total. The molecular formula is C15H20Cl2N2. The third kappa shape index (κ3) is 2.71. The molecule has 1 aromatic heterocycles. The van der Waals surface area contributed by atoms with Gasteiger partial charge in [0.1, 0.15) is 5.82 Å². The largest absolute Gasteiger partial charge is 0.352 e. The van der Waals surface area contributed by atoms with Crippen molar-refractivity contribution in [3.8, 4) is 0 Å². The van der Waals surface area contributed by atoms with Gasteiger partial charge in [0.25, 0.3) is 0 Å². The Morgan fingerprint density at radius 2 is 2.00 bits per heavy atom. The summed E-state index contributed by atoms with van der Waals surface area (Å²) in [6, 6.07) is 2.61. The van der Waals surface area contributed by atoms with Gasteiger partial charge >= 0.3 is 0 Å². The number of rotatable bonds is 2. The molecule has 0 spiro atoms. The van der Waals surface area contributed by atoms with Crippen molar-refractivity contribution in [2.75, 3.05) is 11.4 Å². The molecule has 19 heavy (non-hydrogen) atoms. The molecule has 0 N–H and O–H groups in total. The Balaban J connectivity index is 1.87. The van der Waals surface area contributed by atoms with Crippen LogP contribution in [-0.2, 0) is 5.88 Å². The number of hydrogen-bond donors (Lipinski definition) is 0. The topological polar surface area (TPSA) is 16.1 Å². The second-order valence-corrected chi connectivity index (χ2v) is 6.40. The van der Waals surface area contributed by atoms with Crippen molar-refractivity contribution in [3.63, 3.8) is 0 Å². The zero-order chi connectivity index (χ0) is 13.2. The smallest absolute Gasteiger partial charge is 0.147 e. The van der Waals surface area contributed by atoms with Gasteiger partial charge in [0, 0.05) is 24.7 Å². The molecular weight excluding hydrogens is 279 g/mol. The molecule has 0 aromatic carbocycles. The molecule has 1 saturated heterocycles. The summed E-state index contributed by atoms with van der Waals surface area (Å²) in [5.41, 5.74) is 0.993. The van der Waals surface area contributed by atoms with Crippen LogP contribution >= 0.6 is 23.2 Å². The van der Waals surface area contributed by atoms with Crippen LogP contribution in [0.15, 0.2) is 12.3 Å². The van der Waals surface area contributed by atoms with E-state index in [2.05, 4.69) is 9.88 Å². The first kappa shape index (κ1) is 13.5.